The maximum absolute atomic E-state index is 12.8. The van der Waals surface area contributed by atoms with E-state index < -0.39 is 22.8 Å². The Bertz CT molecular complexity index is 1230. The summed E-state index contributed by atoms with van der Waals surface area (Å²) in [5.74, 6) is 0.437. The Balaban J connectivity index is 1.66. The predicted molar refractivity (Wildman–Crippen MR) is 116 cm³/mol. The summed E-state index contributed by atoms with van der Waals surface area (Å²) in [6, 6.07) is 6.05. The molecule has 0 atom stereocenters. The highest BCUT2D eigenvalue weighted by molar-refractivity contribution is 5.81. The van der Waals surface area contributed by atoms with E-state index in [1.165, 1.54) is 12.1 Å². The van der Waals surface area contributed by atoms with Crippen LogP contribution < -0.4 is 11.0 Å². The van der Waals surface area contributed by atoms with Crippen LogP contribution in [-0.4, -0.2) is 25.7 Å². The summed E-state index contributed by atoms with van der Waals surface area (Å²) in [5.41, 5.74) is 0.493. The molecule has 1 saturated carbocycles. The van der Waals surface area contributed by atoms with Gasteiger partial charge in [-0.05, 0) is 48.7 Å². The second-order valence-corrected chi connectivity index (χ2v) is 9.22. The Morgan fingerprint density at radius 3 is 2.42 bits per heavy atom. The number of nitrogens with one attached hydrogen (secondary N) is 2. The van der Waals surface area contributed by atoms with Crippen LogP contribution in [0.4, 0.5) is 13.2 Å². The van der Waals surface area contributed by atoms with Crippen molar-refractivity contribution in [1.82, 2.24) is 25.1 Å². The third-order valence-corrected chi connectivity index (χ3v) is 5.39. The molecule has 4 rings (SSSR count). The van der Waals surface area contributed by atoms with Gasteiger partial charge in [-0.1, -0.05) is 20.8 Å². The Hall–Kier alpha value is -3.43. The average molecular weight is 459 g/mol. The molecule has 1 aliphatic rings. The van der Waals surface area contributed by atoms with Crippen molar-refractivity contribution in [3.63, 3.8) is 0 Å². The van der Waals surface area contributed by atoms with Gasteiger partial charge in [0.2, 0.25) is 5.91 Å². The second kappa shape index (κ2) is 8.17. The number of hydrogen-bond donors (Lipinski definition) is 2. The van der Waals surface area contributed by atoms with Crippen molar-refractivity contribution < 1.29 is 18.0 Å². The number of hydrogen-bond acceptors (Lipinski definition) is 4. The van der Waals surface area contributed by atoms with Crippen LogP contribution in [-0.2, 0) is 17.5 Å². The Labute approximate surface area is 188 Å². The lowest BCUT2D eigenvalue weighted by molar-refractivity contribution is -0.137. The fourth-order valence-corrected chi connectivity index (χ4v) is 3.35. The van der Waals surface area contributed by atoms with Crippen LogP contribution >= 0.6 is 0 Å². The molecule has 2 N–H and O–H groups in total. The Morgan fingerprint density at radius 2 is 1.85 bits per heavy atom. The molecule has 2 aromatic heterocycles. The number of pyridine rings is 1. The number of nitrogens with zero attached hydrogens (tertiary/aromatic N) is 3. The number of halogens is 3. The van der Waals surface area contributed by atoms with Crippen LogP contribution in [0.15, 0.2) is 41.3 Å². The summed E-state index contributed by atoms with van der Waals surface area (Å²) in [6.07, 6.45) is -0.813. The predicted octanol–water partition coefficient (Wildman–Crippen LogP) is 4.18. The molecule has 174 valence electrons. The molecule has 0 aliphatic heterocycles. The minimum Gasteiger partial charge on any atom is -0.352 e. The lowest BCUT2D eigenvalue weighted by Gasteiger charge is -2.18. The number of rotatable bonds is 5. The average Bonchev–Trinajstić information content (AvgIpc) is 3.52. The minimum absolute atomic E-state index is 0.102. The number of carbonyl (C=O) groups is 1. The van der Waals surface area contributed by atoms with Gasteiger partial charge in [-0.2, -0.15) is 17.9 Å². The molecule has 7 nitrogen and oxygen atoms in total. The van der Waals surface area contributed by atoms with E-state index in [4.69, 9.17) is 0 Å². The summed E-state index contributed by atoms with van der Waals surface area (Å²) < 4.78 is 39.6. The van der Waals surface area contributed by atoms with Crippen LogP contribution in [0.5, 0.6) is 0 Å². The first-order valence-corrected chi connectivity index (χ1v) is 10.6. The molecule has 0 saturated heterocycles. The Kier molecular flexibility index (Phi) is 5.63. The zero-order valence-corrected chi connectivity index (χ0v) is 18.5. The lowest BCUT2D eigenvalue weighted by atomic mass is 9.95. The first-order chi connectivity index (χ1) is 15.4. The van der Waals surface area contributed by atoms with Gasteiger partial charge in [0, 0.05) is 29.6 Å². The summed E-state index contributed by atoms with van der Waals surface area (Å²) in [6.45, 7) is 5.73. The van der Waals surface area contributed by atoms with Crippen LogP contribution in [0.3, 0.4) is 0 Å². The third kappa shape index (κ3) is 4.99. The number of alkyl halides is 3. The maximum Gasteiger partial charge on any atom is 0.416 e. The number of H-pyrrole nitrogens is 1. The second-order valence-electron chi connectivity index (χ2n) is 9.22. The summed E-state index contributed by atoms with van der Waals surface area (Å²) in [5, 5.41) is 7.20. The monoisotopic (exact) mass is 459 g/mol. The van der Waals surface area contributed by atoms with Crippen molar-refractivity contribution in [2.24, 2.45) is 5.41 Å². The van der Waals surface area contributed by atoms with Gasteiger partial charge in [-0.15, -0.1) is 5.10 Å². The van der Waals surface area contributed by atoms with E-state index >= 15 is 0 Å². The SMILES string of the molecule is CC(C)(C)C(=O)NCc1cnc(C2CC2)c(-c2nn(-c3ccc(C(F)(F)F)cc3)c(=O)[nH]2)c1. The number of carbonyl (C=O) groups excluding carboxylic acids is 1. The number of amides is 1. The molecule has 0 spiro atoms. The molecule has 0 bridgehead atoms. The number of aromatic nitrogens is 4. The van der Waals surface area contributed by atoms with Gasteiger partial charge in [0.25, 0.3) is 0 Å². The van der Waals surface area contributed by atoms with E-state index in [9.17, 15) is 22.8 Å². The maximum atomic E-state index is 12.8. The molecular formula is C23H24F3N5O2. The van der Waals surface area contributed by atoms with Crippen LogP contribution in [0.1, 0.15) is 56.4 Å². The van der Waals surface area contributed by atoms with Crippen molar-refractivity contribution in [2.45, 2.75) is 52.3 Å². The number of benzene rings is 1. The van der Waals surface area contributed by atoms with Crippen molar-refractivity contribution in [1.29, 1.82) is 0 Å². The molecule has 0 unspecified atom stereocenters. The highest BCUT2D eigenvalue weighted by Crippen LogP contribution is 2.42. The van der Waals surface area contributed by atoms with Gasteiger partial charge >= 0.3 is 11.9 Å². The summed E-state index contributed by atoms with van der Waals surface area (Å²) in [4.78, 5) is 32.0. The molecule has 10 heteroatoms. The topological polar surface area (TPSA) is 92.7 Å². The summed E-state index contributed by atoms with van der Waals surface area (Å²) >= 11 is 0. The van der Waals surface area contributed by atoms with Gasteiger partial charge < -0.3 is 5.32 Å². The van der Waals surface area contributed by atoms with Crippen LogP contribution in [0.2, 0.25) is 0 Å². The van der Waals surface area contributed by atoms with E-state index in [0.29, 0.717) is 5.56 Å². The normalized spacial score (nSPS) is 14.4. The van der Waals surface area contributed by atoms with E-state index in [1.54, 1.807) is 6.20 Å². The molecule has 1 amide bonds. The smallest absolute Gasteiger partial charge is 0.352 e. The van der Waals surface area contributed by atoms with Gasteiger partial charge in [0.1, 0.15) is 0 Å². The molecular weight excluding hydrogens is 435 g/mol. The van der Waals surface area contributed by atoms with Crippen LogP contribution in [0, 0.1) is 5.41 Å². The van der Waals surface area contributed by atoms with Crippen molar-refractivity contribution >= 4 is 5.91 Å². The van der Waals surface area contributed by atoms with E-state index in [0.717, 1.165) is 40.9 Å². The molecule has 1 aliphatic carbocycles. The van der Waals surface area contributed by atoms with E-state index in [-0.39, 0.29) is 29.9 Å². The quantitative estimate of drug-likeness (QED) is 0.599. The summed E-state index contributed by atoms with van der Waals surface area (Å²) in [7, 11) is 0. The van der Waals surface area contributed by atoms with Crippen LogP contribution in [0.25, 0.3) is 17.1 Å². The molecule has 0 radical (unpaired) electrons. The van der Waals surface area contributed by atoms with Gasteiger partial charge in [-0.3, -0.25) is 14.8 Å². The van der Waals surface area contributed by atoms with Gasteiger partial charge in [0.15, 0.2) is 5.82 Å². The van der Waals surface area contributed by atoms with E-state index in [2.05, 4.69) is 20.4 Å². The van der Waals surface area contributed by atoms with E-state index in [1.807, 2.05) is 26.8 Å². The standard InChI is InChI=1S/C23H24F3N5O2/c1-22(2,3)20(32)28-12-13-10-17(18(27-11-13)14-4-5-14)19-29-21(33)31(30-19)16-8-6-15(7-9-16)23(24,25)26/h6-11,14H,4-5,12H2,1-3H3,(H,28,32)(H,29,30,33). The fraction of sp³-hybridized carbons (Fsp3) is 0.391. The molecule has 1 aromatic carbocycles. The van der Waals surface area contributed by atoms with Gasteiger partial charge in [-0.25, -0.2) is 4.79 Å². The highest BCUT2D eigenvalue weighted by atomic mass is 19.4. The van der Waals surface area contributed by atoms with Crippen molar-refractivity contribution in [3.8, 4) is 17.1 Å². The molecule has 3 aromatic rings. The Morgan fingerprint density at radius 1 is 1.18 bits per heavy atom. The lowest BCUT2D eigenvalue weighted by Crippen LogP contribution is -2.34. The zero-order chi connectivity index (χ0) is 24.0. The van der Waals surface area contributed by atoms with Crippen molar-refractivity contribution in [3.05, 3.63) is 63.8 Å². The highest BCUT2D eigenvalue weighted by Gasteiger charge is 2.31. The molecule has 1 fully saturated rings. The molecule has 2 heterocycles. The van der Waals surface area contributed by atoms with Crippen molar-refractivity contribution in [2.75, 3.05) is 0 Å². The first-order valence-electron chi connectivity index (χ1n) is 10.6. The fourth-order valence-electron chi connectivity index (χ4n) is 3.35. The van der Waals surface area contributed by atoms with Gasteiger partial charge in [0.05, 0.1) is 16.9 Å². The minimum atomic E-state index is -4.46. The zero-order valence-electron chi connectivity index (χ0n) is 18.5. The largest absolute Gasteiger partial charge is 0.416 e. The first kappa shape index (κ1) is 22.8. The number of aromatic amines is 1. The third-order valence-electron chi connectivity index (χ3n) is 5.39. The molecule has 33 heavy (non-hydrogen) atoms.